The minimum absolute atomic E-state index is 0.197. The number of carbonyl (C=O) groups is 1. The van der Waals surface area contributed by atoms with E-state index in [9.17, 15) is 4.79 Å². The highest BCUT2D eigenvalue weighted by Gasteiger charge is 2.27. The molecule has 0 fully saturated rings. The number of carbonyl (C=O) groups excluding carboxylic acids is 1. The van der Waals surface area contributed by atoms with E-state index in [0.29, 0.717) is 0 Å². The normalized spacial score (nSPS) is 12.2. The van der Waals surface area contributed by atoms with Crippen molar-refractivity contribution in [3.05, 3.63) is 29.8 Å². The molecule has 1 unspecified atom stereocenters. The molecule has 0 aliphatic carbocycles. The van der Waals surface area contributed by atoms with E-state index < -0.39 is 0 Å². The van der Waals surface area contributed by atoms with Crippen LogP contribution in [0.4, 0.5) is 0 Å². The molecule has 124 valence electrons. The molecule has 0 saturated heterocycles. The van der Waals surface area contributed by atoms with Crippen LogP contribution >= 0.6 is 0 Å². The average molecular weight is 307 g/mol. The molecule has 22 heavy (non-hydrogen) atoms. The van der Waals surface area contributed by atoms with Crippen molar-refractivity contribution in [3.63, 3.8) is 0 Å². The molecular formula is C18H29NO3. The van der Waals surface area contributed by atoms with Gasteiger partial charge in [-0.25, -0.2) is 4.79 Å². The first-order chi connectivity index (χ1) is 10.7. The second-order valence-corrected chi connectivity index (χ2v) is 5.44. The third-order valence-corrected chi connectivity index (χ3v) is 3.82. The zero-order valence-electron chi connectivity index (χ0n) is 14.3. The molecule has 1 rings (SSSR count). The molecule has 4 nitrogen and oxygen atoms in total. The van der Waals surface area contributed by atoms with Crippen molar-refractivity contribution >= 4 is 5.97 Å². The molecule has 0 aliphatic rings. The van der Waals surface area contributed by atoms with Gasteiger partial charge in [-0.05, 0) is 43.6 Å². The molecule has 1 atom stereocenters. The van der Waals surface area contributed by atoms with Crippen LogP contribution < -0.4 is 4.74 Å². The molecule has 0 aromatic heterocycles. The number of benzene rings is 1. The van der Waals surface area contributed by atoms with Gasteiger partial charge in [-0.1, -0.05) is 38.8 Å². The Morgan fingerprint density at radius 3 is 2.00 bits per heavy atom. The SMILES string of the molecule is CCCCN(CCCC)C(C(=O)OC)c1ccc(OC)cc1. The highest BCUT2D eigenvalue weighted by Crippen LogP contribution is 2.25. The third kappa shape index (κ3) is 5.34. The standard InChI is InChI=1S/C18H29NO3/c1-5-7-13-19(14-8-6-2)17(18(20)22-4)15-9-11-16(21-3)12-10-15/h9-12,17H,5-8,13-14H2,1-4H3. The van der Waals surface area contributed by atoms with Gasteiger partial charge in [0.2, 0.25) is 0 Å². The Bertz CT molecular complexity index is 422. The maximum Gasteiger partial charge on any atom is 0.327 e. The summed E-state index contributed by atoms with van der Waals surface area (Å²) in [5, 5.41) is 0. The van der Waals surface area contributed by atoms with Gasteiger partial charge in [-0.2, -0.15) is 0 Å². The molecule has 0 bridgehead atoms. The van der Waals surface area contributed by atoms with Crippen LogP contribution in [0.25, 0.3) is 0 Å². The Morgan fingerprint density at radius 1 is 1.05 bits per heavy atom. The molecule has 4 heteroatoms. The first-order valence-electron chi connectivity index (χ1n) is 8.13. The van der Waals surface area contributed by atoms with Crippen molar-refractivity contribution < 1.29 is 14.3 Å². The molecule has 0 aliphatic heterocycles. The van der Waals surface area contributed by atoms with Crippen LogP contribution in [0.1, 0.15) is 51.1 Å². The third-order valence-electron chi connectivity index (χ3n) is 3.82. The maximum absolute atomic E-state index is 12.3. The van der Waals surface area contributed by atoms with Gasteiger partial charge in [0.15, 0.2) is 0 Å². The lowest BCUT2D eigenvalue weighted by Gasteiger charge is -2.30. The van der Waals surface area contributed by atoms with Gasteiger partial charge in [0, 0.05) is 0 Å². The second-order valence-electron chi connectivity index (χ2n) is 5.44. The summed E-state index contributed by atoms with van der Waals surface area (Å²) in [7, 11) is 3.10. The fourth-order valence-corrected chi connectivity index (χ4v) is 2.49. The van der Waals surface area contributed by atoms with Gasteiger partial charge >= 0.3 is 5.97 Å². The number of rotatable bonds is 10. The van der Waals surface area contributed by atoms with Gasteiger partial charge in [0.25, 0.3) is 0 Å². The summed E-state index contributed by atoms with van der Waals surface area (Å²) in [6, 6.07) is 7.34. The van der Waals surface area contributed by atoms with Crippen LogP contribution in [0.5, 0.6) is 5.75 Å². The number of esters is 1. The van der Waals surface area contributed by atoms with E-state index in [4.69, 9.17) is 9.47 Å². The van der Waals surface area contributed by atoms with Crippen molar-refractivity contribution in [2.45, 2.75) is 45.6 Å². The van der Waals surface area contributed by atoms with Gasteiger partial charge in [0.05, 0.1) is 14.2 Å². The second kappa shape index (κ2) is 10.2. The zero-order chi connectivity index (χ0) is 16.4. The Morgan fingerprint density at radius 2 is 1.59 bits per heavy atom. The first-order valence-corrected chi connectivity index (χ1v) is 8.13. The van der Waals surface area contributed by atoms with Crippen molar-refractivity contribution in [2.75, 3.05) is 27.3 Å². The number of unbranched alkanes of at least 4 members (excludes halogenated alkanes) is 2. The van der Waals surface area contributed by atoms with Crippen LogP contribution in [0.15, 0.2) is 24.3 Å². The summed E-state index contributed by atoms with van der Waals surface area (Å²) in [5.74, 6) is 0.596. The Hall–Kier alpha value is -1.55. The van der Waals surface area contributed by atoms with E-state index in [1.807, 2.05) is 24.3 Å². The maximum atomic E-state index is 12.3. The molecule has 0 N–H and O–H groups in total. The van der Waals surface area contributed by atoms with Crippen LogP contribution in [0, 0.1) is 0 Å². The summed E-state index contributed by atoms with van der Waals surface area (Å²) in [5.41, 5.74) is 0.958. The molecular weight excluding hydrogens is 278 g/mol. The average Bonchev–Trinajstić information content (AvgIpc) is 2.57. The predicted molar refractivity (Wildman–Crippen MR) is 89.1 cm³/mol. The highest BCUT2D eigenvalue weighted by molar-refractivity contribution is 5.77. The van der Waals surface area contributed by atoms with E-state index in [1.165, 1.54) is 7.11 Å². The van der Waals surface area contributed by atoms with Crippen LogP contribution in [0.3, 0.4) is 0 Å². The smallest absolute Gasteiger partial charge is 0.327 e. The Labute approximate surface area is 134 Å². The van der Waals surface area contributed by atoms with E-state index >= 15 is 0 Å². The van der Waals surface area contributed by atoms with Gasteiger partial charge in [-0.3, -0.25) is 4.90 Å². The van der Waals surface area contributed by atoms with Crippen molar-refractivity contribution in [1.29, 1.82) is 0 Å². The minimum atomic E-state index is -0.339. The van der Waals surface area contributed by atoms with Crippen LogP contribution in [0.2, 0.25) is 0 Å². The largest absolute Gasteiger partial charge is 0.497 e. The summed E-state index contributed by atoms with van der Waals surface area (Å²) in [6.07, 6.45) is 4.37. The summed E-state index contributed by atoms with van der Waals surface area (Å²) in [6.45, 7) is 6.14. The van der Waals surface area contributed by atoms with Crippen LogP contribution in [-0.2, 0) is 9.53 Å². The molecule has 0 saturated carbocycles. The predicted octanol–water partition coefficient (Wildman–Crippen LogP) is 3.81. The number of hydrogen-bond donors (Lipinski definition) is 0. The molecule has 0 spiro atoms. The summed E-state index contributed by atoms with van der Waals surface area (Å²) >= 11 is 0. The van der Waals surface area contributed by atoms with E-state index in [1.54, 1.807) is 7.11 Å². The van der Waals surface area contributed by atoms with Gasteiger partial charge in [0.1, 0.15) is 11.8 Å². The van der Waals surface area contributed by atoms with Crippen molar-refractivity contribution in [2.24, 2.45) is 0 Å². The van der Waals surface area contributed by atoms with E-state index in [0.717, 1.165) is 50.1 Å². The topological polar surface area (TPSA) is 38.8 Å². The Kier molecular flexibility index (Phi) is 8.60. The number of ether oxygens (including phenoxy) is 2. The zero-order valence-corrected chi connectivity index (χ0v) is 14.3. The molecule has 1 aromatic rings. The van der Waals surface area contributed by atoms with Crippen molar-refractivity contribution in [3.8, 4) is 5.75 Å². The fraction of sp³-hybridized carbons (Fsp3) is 0.611. The number of hydrogen-bond acceptors (Lipinski definition) is 4. The number of nitrogens with zero attached hydrogens (tertiary/aromatic N) is 1. The monoisotopic (exact) mass is 307 g/mol. The quantitative estimate of drug-likeness (QED) is 0.616. The lowest BCUT2D eigenvalue weighted by Crippen LogP contribution is -2.36. The molecule has 1 aromatic carbocycles. The minimum Gasteiger partial charge on any atom is -0.497 e. The van der Waals surface area contributed by atoms with E-state index in [-0.39, 0.29) is 12.0 Å². The summed E-state index contributed by atoms with van der Waals surface area (Å²) in [4.78, 5) is 14.6. The highest BCUT2D eigenvalue weighted by atomic mass is 16.5. The molecule has 0 radical (unpaired) electrons. The van der Waals surface area contributed by atoms with Crippen LogP contribution in [-0.4, -0.2) is 38.2 Å². The van der Waals surface area contributed by atoms with E-state index in [2.05, 4.69) is 18.7 Å². The van der Waals surface area contributed by atoms with Crippen molar-refractivity contribution in [1.82, 2.24) is 4.90 Å². The van der Waals surface area contributed by atoms with Gasteiger partial charge in [-0.15, -0.1) is 0 Å². The van der Waals surface area contributed by atoms with Gasteiger partial charge < -0.3 is 9.47 Å². The Balaban J connectivity index is 3.02. The summed E-state index contributed by atoms with van der Waals surface area (Å²) < 4.78 is 10.2. The number of methoxy groups -OCH3 is 2. The molecule has 0 amide bonds. The fourth-order valence-electron chi connectivity index (χ4n) is 2.49. The first kappa shape index (κ1) is 18.5. The molecule has 0 heterocycles. The lowest BCUT2D eigenvalue weighted by molar-refractivity contribution is -0.147. The lowest BCUT2D eigenvalue weighted by atomic mass is 10.0.